The van der Waals surface area contributed by atoms with Crippen LogP contribution in [0.2, 0.25) is 0 Å². The number of benzene rings is 1. The molecule has 86 valence electrons. The molecule has 1 saturated carbocycles. The highest BCUT2D eigenvalue weighted by Crippen LogP contribution is 2.41. The number of fused-ring (bicyclic) bond motifs is 1. The molecule has 0 radical (unpaired) electrons. The minimum Gasteiger partial charge on any atom is -0.383 e. The second kappa shape index (κ2) is 4.09. The first-order valence-electron chi connectivity index (χ1n) is 6.05. The molecule has 0 bridgehead atoms. The van der Waals surface area contributed by atoms with Gasteiger partial charge in [0.15, 0.2) is 0 Å². The van der Waals surface area contributed by atoms with Gasteiger partial charge in [0.1, 0.15) is 0 Å². The summed E-state index contributed by atoms with van der Waals surface area (Å²) in [5.41, 5.74) is 3.05. The highest BCUT2D eigenvalue weighted by atomic mass is 127. The van der Waals surface area contributed by atoms with E-state index in [9.17, 15) is 0 Å². The Kier molecular flexibility index (Phi) is 2.73. The van der Waals surface area contributed by atoms with Gasteiger partial charge in [0.2, 0.25) is 0 Å². The van der Waals surface area contributed by atoms with Crippen molar-refractivity contribution in [2.75, 3.05) is 23.7 Å². The lowest BCUT2D eigenvalue weighted by Gasteiger charge is -2.26. The van der Waals surface area contributed by atoms with Gasteiger partial charge < -0.3 is 10.6 Å². The number of nitrogens with one attached hydrogen (secondary N) is 2. The first-order valence-corrected chi connectivity index (χ1v) is 7.13. The third-order valence-electron chi connectivity index (χ3n) is 3.95. The molecule has 2 N–H and O–H groups in total. The van der Waals surface area contributed by atoms with Crippen LogP contribution < -0.4 is 10.6 Å². The highest BCUT2D eigenvalue weighted by molar-refractivity contribution is 14.1. The lowest BCUT2D eigenvalue weighted by molar-refractivity contribution is 0.346. The van der Waals surface area contributed by atoms with Gasteiger partial charge in [0, 0.05) is 22.1 Å². The average Bonchev–Trinajstić information content (AvgIpc) is 2.66. The zero-order valence-electron chi connectivity index (χ0n) is 9.35. The molecule has 1 aromatic rings. The zero-order valence-corrected chi connectivity index (χ0v) is 11.5. The molecule has 0 aromatic heterocycles. The van der Waals surface area contributed by atoms with Crippen molar-refractivity contribution in [3.05, 3.63) is 21.8 Å². The molecule has 1 aromatic carbocycles. The molecule has 1 fully saturated rings. The Morgan fingerprint density at radius 2 is 1.69 bits per heavy atom. The molecule has 1 spiro atoms. The van der Waals surface area contributed by atoms with Crippen LogP contribution >= 0.6 is 22.6 Å². The fourth-order valence-electron chi connectivity index (χ4n) is 2.92. The molecular formula is C13H17IN2. The standard InChI is InChI=1S/C13H17IN2/c14-10-3-4-11-12(7-10)16-9-13(8-15-11)5-1-2-6-13/h3-4,7,15-16H,1-2,5-6,8-9H2. The fraction of sp³-hybridized carbons (Fsp3) is 0.538. The molecule has 3 rings (SSSR count). The van der Waals surface area contributed by atoms with Gasteiger partial charge >= 0.3 is 0 Å². The van der Waals surface area contributed by atoms with Gasteiger partial charge in [-0.3, -0.25) is 0 Å². The summed E-state index contributed by atoms with van der Waals surface area (Å²) in [6.07, 6.45) is 5.55. The Labute approximate surface area is 110 Å². The number of halogens is 1. The van der Waals surface area contributed by atoms with Crippen molar-refractivity contribution in [2.24, 2.45) is 5.41 Å². The SMILES string of the molecule is Ic1ccc2c(c1)NCC1(CCCC1)CN2. The molecule has 0 amide bonds. The molecule has 2 aliphatic rings. The van der Waals surface area contributed by atoms with Crippen molar-refractivity contribution in [3.63, 3.8) is 0 Å². The predicted molar refractivity (Wildman–Crippen MR) is 77.0 cm³/mol. The van der Waals surface area contributed by atoms with E-state index in [2.05, 4.69) is 51.4 Å². The molecule has 0 unspecified atom stereocenters. The van der Waals surface area contributed by atoms with E-state index < -0.39 is 0 Å². The van der Waals surface area contributed by atoms with Crippen LogP contribution in [0.3, 0.4) is 0 Å². The summed E-state index contributed by atoms with van der Waals surface area (Å²) in [5, 5.41) is 7.25. The van der Waals surface area contributed by atoms with Gasteiger partial charge in [0.05, 0.1) is 11.4 Å². The predicted octanol–water partition coefficient (Wildman–Crippen LogP) is 3.69. The van der Waals surface area contributed by atoms with E-state index in [0.717, 1.165) is 13.1 Å². The van der Waals surface area contributed by atoms with Crippen LogP contribution in [-0.4, -0.2) is 13.1 Å². The Balaban J connectivity index is 1.86. The van der Waals surface area contributed by atoms with Crippen molar-refractivity contribution >= 4 is 34.0 Å². The second-order valence-corrected chi connectivity index (χ2v) is 6.35. The van der Waals surface area contributed by atoms with Crippen molar-refractivity contribution in [1.82, 2.24) is 0 Å². The van der Waals surface area contributed by atoms with Crippen LogP contribution in [0.5, 0.6) is 0 Å². The van der Waals surface area contributed by atoms with Gasteiger partial charge in [-0.2, -0.15) is 0 Å². The van der Waals surface area contributed by atoms with Crippen molar-refractivity contribution in [3.8, 4) is 0 Å². The molecular weight excluding hydrogens is 311 g/mol. The summed E-state index contributed by atoms with van der Waals surface area (Å²) in [6, 6.07) is 6.59. The van der Waals surface area contributed by atoms with Crippen molar-refractivity contribution in [1.29, 1.82) is 0 Å². The number of anilines is 2. The summed E-state index contributed by atoms with van der Waals surface area (Å²) in [7, 11) is 0. The van der Waals surface area contributed by atoms with Gasteiger partial charge in [-0.1, -0.05) is 12.8 Å². The van der Waals surface area contributed by atoms with E-state index in [1.165, 1.54) is 40.6 Å². The maximum atomic E-state index is 3.63. The summed E-state index contributed by atoms with van der Waals surface area (Å²) in [4.78, 5) is 0. The molecule has 2 nitrogen and oxygen atoms in total. The Morgan fingerprint density at radius 1 is 1.00 bits per heavy atom. The third-order valence-corrected chi connectivity index (χ3v) is 4.62. The summed E-state index contributed by atoms with van der Waals surface area (Å²) < 4.78 is 1.30. The van der Waals surface area contributed by atoms with E-state index in [4.69, 9.17) is 0 Å². The smallest absolute Gasteiger partial charge is 0.0586 e. The molecule has 3 heteroatoms. The highest BCUT2D eigenvalue weighted by Gasteiger charge is 2.35. The van der Waals surface area contributed by atoms with Crippen molar-refractivity contribution < 1.29 is 0 Å². The first kappa shape index (κ1) is 10.7. The molecule has 1 aliphatic carbocycles. The van der Waals surface area contributed by atoms with Crippen molar-refractivity contribution in [2.45, 2.75) is 25.7 Å². The van der Waals surface area contributed by atoms with Crippen LogP contribution in [-0.2, 0) is 0 Å². The lowest BCUT2D eigenvalue weighted by atomic mass is 9.86. The first-order chi connectivity index (χ1) is 7.77. The van der Waals surface area contributed by atoms with Crippen LogP contribution in [0.25, 0.3) is 0 Å². The van der Waals surface area contributed by atoms with E-state index in [1.54, 1.807) is 0 Å². The zero-order chi connectivity index (χ0) is 11.0. The molecule has 1 aliphatic heterocycles. The van der Waals surface area contributed by atoms with E-state index >= 15 is 0 Å². The normalized spacial score (nSPS) is 22.1. The fourth-order valence-corrected chi connectivity index (χ4v) is 3.41. The molecule has 0 saturated heterocycles. The summed E-state index contributed by atoms with van der Waals surface area (Å²) >= 11 is 2.37. The van der Waals surface area contributed by atoms with Gasteiger partial charge in [-0.05, 0) is 53.6 Å². The molecule has 1 heterocycles. The van der Waals surface area contributed by atoms with E-state index in [0.29, 0.717) is 5.41 Å². The van der Waals surface area contributed by atoms with Crippen LogP contribution in [0.15, 0.2) is 18.2 Å². The van der Waals surface area contributed by atoms with Crippen LogP contribution in [0.4, 0.5) is 11.4 Å². The molecule has 16 heavy (non-hydrogen) atoms. The topological polar surface area (TPSA) is 24.1 Å². The second-order valence-electron chi connectivity index (χ2n) is 5.10. The van der Waals surface area contributed by atoms with Crippen LogP contribution in [0.1, 0.15) is 25.7 Å². The van der Waals surface area contributed by atoms with E-state index in [1.807, 2.05) is 0 Å². The minimum absolute atomic E-state index is 0.504. The lowest BCUT2D eigenvalue weighted by Crippen LogP contribution is -2.31. The van der Waals surface area contributed by atoms with Gasteiger partial charge in [0.25, 0.3) is 0 Å². The Bertz CT molecular complexity index is 397. The average molecular weight is 328 g/mol. The van der Waals surface area contributed by atoms with E-state index in [-0.39, 0.29) is 0 Å². The summed E-state index contributed by atoms with van der Waals surface area (Å²) in [6.45, 7) is 2.26. The number of rotatable bonds is 0. The maximum absolute atomic E-state index is 3.63. The van der Waals surface area contributed by atoms with Gasteiger partial charge in [-0.25, -0.2) is 0 Å². The van der Waals surface area contributed by atoms with Crippen LogP contribution in [0, 0.1) is 8.99 Å². The third kappa shape index (κ3) is 1.90. The Hall–Kier alpha value is -0.450. The Morgan fingerprint density at radius 3 is 2.44 bits per heavy atom. The quantitative estimate of drug-likeness (QED) is 0.710. The number of hydrogen-bond acceptors (Lipinski definition) is 2. The minimum atomic E-state index is 0.504. The van der Waals surface area contributed by atoms with Gasteiger partial charge in [-0.15, -0.1) is 0 Å². The summed E-state index contributed by atoms with van der Waals surface area (Å²) in [5.74, 6) is 0. The maximum Gasteiger partial charge on any atom is 0.0586 e. The monoisotopic (exact) mass is 328 g/mol. The molecule has 0 atom stereocenters. The largest absolute Gasteiger partial charge is 0.383 e. The number of hydrogen-bond donors (Lipinski definition) is 2.